The molecule has 0 radical (unpaired) electrons. The van der Waals surface area contributed by atoms with E-state index in [0.29, 0.717) is 27.9 Å². The number of aryl methyl sites for hydroxylation is 1. The average molecular weight is 433 g/mol. The number of anilines is 1. The fourth-order valence-electron chi connectivity index (χ4n) is 2.52. The fraction of sp³-hybridized carbons (Fsp3) is 0.150. The Bertz CT molecular complexity index is 1070. The van der Waals surface area contributed by atoms with Gasteiger partial charge in [-0.25, -0.2) is 0 Å². The first-order valence-electron chi connectivity index (χ1n) is 8.47. The average Bonchev–Trinajstić information content (AvgIpc) is 3.18. The van der Waals surface area contributed by atoms with Crippen LogP contribution < -0.4 is 14.8 Å². The maximum atomic E-state index is 12.5. The van der Waals surface area contributed by atoms with Crippen LogP contribution in [0.15, 0.2) is 47.8 Å². The largest absolute Gasteiger partial charge is 0.494 e. The summed E-state index contributed by atoms with van der Waals surface area (Å²) in [6, 6.07) is 11.2. The van der Waals surface area contributed by atoms with E-state index in [4.69, 9.17) is 21.1 Å². The Labute approximate surface area is 176 Å². The summed E-state index contributed by atoms with van der Waals surface area (Å²) in [5, 5.41) is 16.1. The summed E-state index contributed by atoms with van der Waals surface area (Å²) >= 11 is 7.28. The quantitative estimate of drug-likeness (QED) is 0.395. The number of hydrogen-bond acceptors (Lipinski definition) is 6. The molecule has 150 valence electrons. The number of thiophene rings is 1. The van der Waals surface area contributed by atoms with Gasteiger partial charge in [-0.1, -0.05) is 11.6 Å². The maximum Gasteiger partial charge on any atom is 0.273 e. The molecule has 2 aromatic carbocycles. The Morgan fingerprint density at radius 3 is 2.72 bits per heavy atom. The Morgan fingerprint density at radius 2 is 2.03 bits per heavy atom. The van der Waals surface area contributed by atoms with Gasteiger partial charge in [0, 0.05) is 16.7 Å². The van der Waals surface area contributed by atoms with E-state index in [1.54, 1.807) is 18.2 Å². The van der Waals surface area contributed by atoms with Gasteiger partial charge in [0.1, 0.15) is 18.1 Å². The number of nitro groups is 1. The van der Waals surface area contributed by atoms with Gasteiger partial charge in [0.2, 0.25) is 0 Å². The van der Waals surface area contributed by atoms with E-state index in [1.807, 2.05) is 18.4 Å². The third kappa shape index (κ3) is 5.04. The topological polar surface area (TPSA) is 90.7 Å². The summed E-state index contributed by atoms with van der Waals surface area (Å²) in [4.78, 5) is 23.4. The van der Waals surface area contributed by atoms with Gasteiger partial charge >= 0.3 is 0 Å². The molecule has 1 amide bonds. The molecule has 0 saturated heterocycles. The van der Waals surface area contributed by atoms with Crippen LogP contribution in [-0.2, 0) is 6.61 Å². The molecular weight excluding hydrogens is 416 g/mol. The summed E-state index contributed by atoms with van der Waals surface area (Å²) in [7, 11) is 1.38. The van der Waals surface area contributed by atoms with E-state index < -0.39 is 4.92 Å². The number of nitrogens with one attached hydrogen (secondary N) is 1. The maximum absolute atomic E-state index is 12.5. The van der Waals surface area contributed by atoms with Crippen molar-refractivity contribution in [3.05, 3.63) is 79.0 Å². The molecule has 1 aromatic heterocycles. The Kier molecular flexibility index (Phi) is 6.36. The lowest BCUT2D eigenvalue weighted by molar-refractivity contribution is -0.384. The summed E-state index contributed by atoms with van der Waals surface area (Å²) in [5.41, 5.74) is 2.01. The van der Waals surface area contributed by atoms with Crippen molar-refractivity contribution >= 4 is 40.2 Å². The molecule has 29 heavy (non-hydrogen) atoms. The number of hydrogen-bond donors (Lipinski definition) is 1. The molecule has 9 heteroatoms. The van der Waals surface area contributed by atoms with Gasteiger partial charge in [-0.05, 0) is 48.2 Å². The lowest BCUT2D eigenvalue weighted by Gasteiger charge is -2.09. The number of methoxy groups -OCH3 is 1. The number of ether oxygens (including phenoxy) is 2. The molecular formula is C20H17ClN2O5S. The van der Waals surface area contributed by atoms with Gasteiger partial charge in [-0.3, -0.25) is 14.9 Å². The zero-order chi connectivity index (χ0) is 21.0. The van der Waals surface area contributed by atoms with Crippen molar-refractivity contribution in [2.75, 3.05) is 12.4 Å². The van der Waals surface area contributed by atoms with Gasteiger partial charge in [-0.15, -0.1) is 11.3 Å². The minimum atomic E-state index is -0.526. The van der Waals surface area contributed by atoms with Crippen molar-refractivity contribution in [3.8, 4) is 11.5 Å². The molecule has 1 N–H and O–H groups in total. The number of benzene rings is 2. The van der Waals surface area contributed by atoms with E-state index in [-0.39, 0.29) is 17.3 Å². The first-order valence-corrected chi connectivity index (χ1v) is 9.73. The molecule has 0 aliphatic rings. The lowest BCUT2D eigenvalue weighted by Crippen LogP contribution is -2.11. The Morgan fingerprint density at radius 1 is 1.24 bits per heavy atom. The zero-order valence-corrected chi connectivity index (χ0v) is 17.2. The molecule has 0 fully saturated rings. The van der Waals surface area contributed by atoms with Crippen LogP contribution in [0.2, 0.25) is 5.02 Å². The van der Waals surface area contributed by atoms with E-state index in [0.717, 1.165) is 11.1 Å². The highest BCUT2D eigenvalue weighted by Gasteiger charge is 2.15. The predicted molar refractivity (Wildman–Crippen MR) is 112 cm³/mol. The standard InChI is InChI=1S/C20H17ClN2O5S/c1-12-7-15(4-5-16(12)21)28-10-13-8-19(29-11-13)20(24)22-17-6-3-14(23(25)26)9-18(17)27-2/h3-9,11H,10H2,1-2H3,(H,22,24). The van der Waals surface area contributed by atoms with Gasteiger partial charge in [0.25, 0.3) is 11.6 Å². The molecule has 0 spiro atoms. The molecule has 0 aliphatic carbocycles. The monoisotopic (exact) mass is 432 g/mol. The molecule has 1 heterocycles. The van der Waals surface area contributed by atoms with Crippen molar-refractivity contribution in [3.63, 3.8) is 0 Å². The van der Waals surface area contributed by atoms with Crippen molar-refractivity contribution in [1.29, 1.82) is 0 Å². The third-order valence-corrected chi connectivity index (χ3v) is 5.46. The SMILES string of the molecule is COc1cc([N+](=O)[O-])ccc1NC(=O)c1cc(COc2ccc(Cl)c(C)c2)cs1. The second kappa shape index (κ2) is 8.93. The third-order valence-electron chi connectivity index (χ3n) is 4.06. The Hall–Kier alpha value is -3.10. The van der Waals surface area contributed by atoms with Crippen LogP contribution >= 0.6 is 22.9 Å². The second-order valence-electron chi connectivity index (χ2n) is 6.11. The summed E-state index contributed by atoms with van der Waals surface area (Å²) in [6.07, 6.45) is 0. The number of nitrogens with zero attached hydrogens (tertiary/aromatic N) is 1. The van der Waals surface area contributed by atoms with E-state index in [1.165, 1.54) is 36.6 Å². The van der Waals surface area contributed by atoms with Gasteiger partial charge in [0.15, 0.2) is 0 Å². The van der Waals surface area contributed by atoms with Gasteiger partial charge in [-0.2, -0.15) is 0 Å². The summed E-state index contributed by atoms with van der Waals surface area (Å²) in [6.45, 7) is 2.21. The Balaban J connectivity index is 1.66. The van der Waals surface area contributed by atoms with E-state index >= 15 is 0 Å². The lowest BCUT2D eigenvalue weighted by atomic mass is 10.2. The number of carbonyl (C=O) groups is 1. The van der Waals surface area contributed by atoms with Crippen LogP contribution in [0.4, 0.5) is 11.4 Å². The summed E-state index contributed by atoms with van der Waals surface area (Å²) in [5.74, 6) is 0.571. The number of rotatable bonds is 7. The highest BCUT2D eigenvalue weighted by Crippen LogP contribution is 2.30. The predicted octanol–water partition coefficient (Wildman–Crippen LogP) is 5.46. The normalized spacial score (nSPS) is 10.4. The van der Waals surface area contributed by atoms with Gasteiger partial charge in [0.05, 0.1) is 28.7 Å². The molecule has 3 rings (SSSR count). The molecule has 0 aliphatic heterocycles. The molecule has 0 bridgehead atoms. The molecule has 7 nitrogen and oxygen atoms in total. The van der Waals surface area contributed by atoms with Crippen LogP contribution in [0.5, 0.6) is 11.5 Å². The molecule has 3 aromatic rings. The minimum Gasteiger partial charge on any atom is -0.494 e. The fourth-order valence-corrected chi connectivity index (χ4v) is 3.43. The molecule has 0 atom stereocenters. The van der Waals surface area contributed by atoms with Crippen LogP contribution in [0.25, 0.3) is 0 Å². The highest BCUT2D eigenvalue weighted by molar-refractivity contribution is 7.12. The van der Waals surface area contributed by atoms with Crippen molar-refractivity contribution in [2.45, 2.75) is 13.5 Å². The number of nitro benzene ring substituents is 1. The van der Waals surface area contributed by atoms with Crippen molar-refractivity contribution in [2.24, 2.45) is 0 Å². The van der Waals surface area contributed by atoms with Crippen LogP contribution in [-0.4, -0.2) is 17.9 Å². The van der Waals surface area contributed by atoms with Crippen LogP contribution in [0.3, 0.4) is 0 Å². The first kappa shape index (κ1) is 20.6. The first-order chi connectivity index (χ1) is 13.9. The summed E-state index contributed by atoms with van der Waals surface area (Å²) < 4.78 is 10.9. The second-order valence-corrected chi connectivity index (χ2v) is 7.43. The van der Waals surface area contributed by atoms with Crippen molar-refractivity contribution in [1.82, 2.24) is 0 Å². The van der Waals surface area contributed by atoms with E-state index in [9.17, 15) is 14.9 Å². The van der Waals surface area contributed by atoms with Crippen molar-refractivity contribution < 1.29 is 19.2 Å². The number of halogens is 1. The zero-order valence-electron chi connectivity index (χ0n) is 15.6. The smallest absolute Gasteiger partial charge is 0.273 e. The molecule has 0 saturated carbocycles. The number of amides is 1. The van der Waals surface area contributed by atoms with Crippen LogP contribution in [0.1, 0.15) is 20.8 Å². The van der Waals surface area contributed by atoms with E-state index in [2.05, 4.69) is 5.32 Å². The molecule has 0 unspecified atom stereocenters. The number of carbonyl (C=O) groups excluding carboxylic acids is 1. The number of non-ortho nitro benzene ring substituents is 1. The highest BCUT2D eigenvalue weighted by atomic mass is 35.5. The minimum absolute atomic E-state index is 0.118. The van der Waals surface area contributed by atoms with Gasteiger partial charge < -0.3 is 14.8 Å². The van der Waals surface area contributed by atoms with Crippen LogP contribution in [0, 0.1) is 17.0 Å².